The number of halogens is 4. The summed E-state index contributed by atoms with van der Waals surface area (Å²) >= 11 is 5.65. The Labute approximate surface area is 127 Å². The van der Waals surface area contributed by atoms with Crippen LogP contribution in [0.15, 0.2) is 41.1 Å². The predicted molar refractivity (Wildman–Crippen MR) is 73.2 cm³/mol. The summed E-state index contributed by atoms with van der Waals surface area (Å²) in [5, 5.41) is 0.572. The van der Waals surface area contributed by atoms with E-state index in [-0.39, 0.29) is 17.1 Å². The standard InChI is InChI=1S/C13H8ClF3N2O2.H2O/c14-6-9-7-20-12(18-9)19-4-3-8-5-10(1-2-11(8)19)21-13(15,16)17;/h1-5,7H,6H2;1H2. The van der Waals surface area contributed by atoms with E-state index in [0.717, 1.165) is 0 Å². The van der Waals surface area contributed by atoms with E-state index in [4.69, 9.17) is 16.0 Å². The summed E-state index contributed by atoms with van der Waals surface area (Å²) in [5.74, 6) is -0.0617. The molecule has 0 aliphatic heterocycles. The van der Waals surface area contributed by atoms with Gasteiger partial charge in [0.05, 0.1) is 17.1 Å². The summed E-state index contributed by atoms with van der Waals surface area (Å²) in [7, 11) is 0. The molecular weight excluding hydrogens is 325 g/mol. The van der Waals surface area contributed by atoms with Crippen LogP contribution in [0.1, 0.15) is 5.69 Å². The number of oxazole rings is 1. The van der Waals surface area contributed by atoms with E-state index in [2.05, 4.69) is 9.72 Å². The van der Waals surface area contributed by atoms with Crippen molar-refractivity contribution in [3.8, 4) is 11.8 Å². The fourth-order valence-electron chi connectivity index (χ4n) is 1.95. The number of alkyl halides is 4. The van der Waals surface area contributed by atoms with Gasteiger partial charge in [0, 0.05) is 11.6 Å². The molecule has 0 aliphatic carbocycles. The van der Waals surface area contributed by atoms with Crippen molar-refractivity contribution < 1.29 is 27.8 Å². The summed E-state index contributed by atoms with van der Waals surface area (Å²) in [4.78, 5) is 4.16. The zero-order valence-corrected chi connectivity index (χ0v) is 11.6. The second-order valence-electron chi connectivity index (χ2n) is 4.21. The van der Waals surface area contributed by atoms with Crippen LogP contribution in [-0.2, 0) is 5.88 Å². The van der Waals surface area contributed by atoms with Gasteiger partial charge >= 0.3 is 12.4 Å². The highest BCUT2D eigenvalue weighted by molar-refractivity contribution is 6.16. The molecule has 0 aliphatic rings. The normalized spacial score (nSPS) is 11.5. The van der Waals surface area contributed by atoms with Gasteiger partial charge < -0.3 is 14.6 Å². The molecular formula is C13H10ClF3N2O3. The molecule has 3 aromatic rings. The molecule has 2 aromatic heterocycles. The summed E-state index contributed by atoms with van der Waals surface area (Å²) in [6.45, 7) is 0. The highest BCUT2D eigenvalue weighted by Gasteiger charge is 2.31. The fraction of sp³-hybridized carbons (Fsp3) is 0.154. The van der Waals surface area contributed by atoms with E-state index in [9.17, 15) is 13.2 Å². The maximum absolute atomic E-state index is 12.2. The second kappa shape index (κ2) is 5.90. The van der Waals surface area contributed by atoms with Gasteiger partial charge in [0.1, 0.15) is 12.0 Å². The van der Waals surface area contributed by atoms with Crippen LogP contribution in [0.25, 0.3) is 16.9 Å². The molecule has 0 bridgehead atoms. The lowest BCUT2D eigenvalue weighted by molar-refractivity contribution is -0.274. The van der Waals surface area contributed by atoms with Crippen LogP contribution in [0.2, 0.25) is 0 Å². The number of ether oxygens (including phenoxy) is 1. The van der Waals surface area contributed by atoms with E-state index in [1.807, 2.05) is 0 Å². The minimum atomic E-state index is -4.71. The minimum Gasteiger partial charge on any atom is -0.431 e. The van der Waals surface area contributed by atoms with Gasteiger partial charge in [0.25, 0.3) is 0 Å². The van der Waals surface area contributed by atoms with E-state index < -0.39 is 6.36 Å². The van der Waals surface area contributed by atoms with Crippen LogP contribution < -0.4 is 4.74 Å². The molecule has 2 heterocycles. The first-order chi connectivity index (χ1) is 9.96. The van der Waals surface area contributed by atoms with Crippen molar-refractivity contribution in [2.45, 2.75) is 12.2 Å². The fourth-order valence-corrected chi connectivity index (χ4v) is 2.08. The lowest BCUT2D eigenvalue weighted by Gasteiger charge is -2.08. The number of aromatic nitrogens is 2. The van der Waals surface area contributed by atoms with Gasteiger partial charge in [0.2, 0.25) is 0 Å². The van der Waals surface area contributed by atoms with Crippen molar-refractivity contribution in [2.75, 3.05) is 0 Å². The van der Waals surface area contributed by atoms with Gasteiger partial charge in [-0.25, -0.2) is 0 Å². The lowest BCUT2D eigenvalue weighted by atomic mass is 10.2. The molecule has 5 nitrogen and oxygen atoms in total. The molecule has 0 amide bonds. The maximum Gasteiger partial charge on any atom is 0.573 e. The number of fused-ring (bicyclic) bond motifs is 1. The molecule has 3 rings (SSSR count). The molecule has 0 saturated carbocycles. The van der Waals surface area contributed by atoms with Crippen molar-refractivity contribution in [3.63, 3.8) is 0 Å². The molecule has 9 heteroatoms. The Balaban J connectivity index is 0.00000176. The maximum atomic E-state index is 12.2. The molecule has 0 fully saturated rings. The largest absolute Gasteiger partial charge is 0.573 e. The lowest BCUT2D eigenvalue weighted by Crippen LogP contribution is -2.16. The average molecular weight is 335 g/mol. The number of rotatable bonds is 3. The molecule has 118 valence electrons. The third-order valence-electron chi connectivity index (χ3n) is 2.78. The molecule has 0 radical (unpaired) electrons. The first-order valence-corrected chi connectivity index (χ1v) is 6.37. The Morgan fingerprint density at radius 2 is 2.05 bits per heavy atom. The van der Waals surface area contributed by atoms with Crippen LogP contribution in [0.5, 0.6) is 5.75 Å². The number of benzene rings is 1. The van der Waals surface area contributed by atoms with E-state index in [1.54, 1.807) is 16.8 Å². The zero-order valence-electron chi connectivity index (χ0n) is 10.9. The highest BCUT2D eigenvalue weighted by atomic mass is 35.5. The van der Waals surface area contributed by atoms with Crippen molar-refractivity contribution in [1.29, 1.82) is 0 Å². The van der Waals surface area contributed by atoms with Crippen LogP contribution >= 0.6 is 11.6 Å². The topological polar surface area (TPSA) is 71.7 Å². The first-order valence-electron chi connectivity index (χ1n) is 5.84. The Bertz CT molecular complexity index is 782. The van der Waals surface area contributed by atoms with Crippen molar-refractivity contribution in [2.24, 2.45) is 0 Å². The predicted octanol–water partition coefficient (Wildman–Crippen LogP) is 3.43. The molecule has 2 N–H and O–H groups in total. The van der Waals surface area contributed by atoms with Crippen molar-refractivity contribution in [1.82, 2.24) is 9.55 Å². The quantitative estimate of drug-likeness (QED) is 0.689. The summed E-state index contributed by atoms with van der Waals surface area (Å²) in [6, 6.07) is 5.97. The van der Waals surface area contributed by atoms with Gasteiger partial charge in [-0.1, -0.05) is 0 Å². The summed E-state index contributed by atoms with van der Waals surface area (Å²) in [6.07, 6.45) is -1.64. The van der Waals surface area contributed by atoms with Crippen molar-refractivity contribution >= 4 is 22.5 Å². The number of nitrogens with zero attached hydrogens (tertiary/aromatic N) is 2. The van der Waals surface area contributed by atoms with E-state index >= 15 is 0 Å². The van der Waals surface area contributed by atoms with Gasteiger partial charge in [-0.3, -0.25) is 4.57 Å². The Hall–Kier alpha value is -2.19. The van der Waals surface area contributed by atoms with Gasteiger partial charge in [-0.15, -0.1) is 24.8 Å². The Morgan fingerprint density at radius 3 is 2.68 bits per heavy atom. The third kappa shape index (κ3) is 3.18. The van der Waals surface area contributed by atoms with Crippen LogP contribution in [0.4, 0.5) is 13.2 Å². The molecule has 0 unspecified atom stereocenters. The summed E-state index contributed by atoms with van der Waals surface area (Å²) in [5.41, 5.74) is 1.22. The van der Waals surface area contributed by atoms with E-state index in [1.165, 1.54) is 24.5 Å². The monoisotopic (exact) mass is 334 g/mol. The number of hydrogen-bond acceptors (Lipinski definition) is 3. The van der Waals surface area contributed by atoms with E-state index in [0.29, 0.717) is 22.6 Å². The summed E-state index contributed by atoms with van der Waals surface area (Å²) < 4.78 is 47.3. The van der Waals surface area contributed by atoms with Gasteiger partial charge in [-0.05, 0) is 24.3 Å². The third-order valence-corrected chi connectivity index (χ3v) is 3.05. The smallest absolute Gasteiger partial charge is 0.431 e. The molecule has 0 spiro atoms. The van der Waals surface area contributed by atoms with Gasteiger partial charge in [0.15, 0.2) is 0 Å². The van der Waals surface area contributed by atoms with Crippen LogP contribution in [0, 0.1) is 0 Å². The highest BCUT2D eigenvalue weighted by Crippen LogP contribution is 2.28. The first kappa shape index (κ1) is 16.2. The van der Waals surface area contributed by atoms with Crippen LogP contribution in [0.3, 0.4) is 0 Å². The Kier molecular flexibility index (Phi) is 4.34. The molecule has 0 saturated heterocycles. The van der Waals surface area contributed by atoms with Gasteiger partial charge in [-0.2, -0.15) is 4.98 Å². The SMILES string of the molecule is FC(F)(F)Oc1ccc2c(ccn2-c2nc(CCl)co2)c1.O. The Morgan fingerprint density at radius 1 is 1.27 bits per heavy atom. The second-order valence-corrected chi connectivity index (χ2v) is 4.48. The average Bonchev–Trinajstić information content (AvgIpc) is 3.01. The number of hydrogen-bond donors (Lipinski definition) is 0. The van der Waals surface area contributed by atoms with Crippen LogP contribution in [-0.4, -0.2) is 21.4 Å². The minimum absolute atomic E-state index is 0. The molecule has 1 aromatic carbocycles. The molecule has 22 heavy (non-hydrogen) atoms. The zero-order chi connectivity index (χ0) is 15.0. The molecule has 0 atom stereocenters. The van der Waals surface area contributed by atoms with Crippen molar-refractivity contribution in [3.05, 3.63) is 42.4 Å².